The van der Waals surface area contributed by atoms with E-state index in [-0.39, 0.29) is 27.5 Å². The van der Waals surface area contributed by atoms with E-state index in [4.69, 9.17) is 0 Å². The number of carbonyl (C=O) groups excluding carboxylic acids is 1. The molecule has 6 aromatic rings. The highest BCUT2D eigenvalue weighted by atomic mass is 32.2. The molecule has 0 heterocycles. The SMILES string of the molecule is CC(=O)c1ccc2c(c1)C(C)(C)c1cc(Sc3cc(C)c([S+](c4ccc5c(c4)C(C)(C)c4ccccc4-5)c4cc(C)ccc4C)cc3C)ccc1-2. The smallest absolute Gasteiger partial charge is 0.169 e. The number of benzene rings is 6. The van der Waals surface area contributed by atoms with E-state index in [2.05, 4.69) is 159 Å². The van der Waals surface area contributed by atoms with Crippen molar-refractivity contribution in [2.24, 2.45) is 0 Å². The Labute approximate surface area is 310 Å². The summed E-state index contributed by atoms with van der Waals surface area (Å²) in [7, 11) is -0.276. The monoisotopic (exact) mass is 701 g/mol. The van der Waals surface area contributed by atoms with Crippen LogP contribution in [0.3, 0.4) is 0 Å². The zero-order valence-electron chi connectivity index (χ0n) is 31.1. The van der Waals surface area contributed by atoms with Crippen molar-refractivity contribution in [3.63, 3.8) is 0 Å². The van der Waals surface area contributed by atoms with Gasteiger partial charge >= 0.3 is 0 Å². The Morgan fingerprint density at radius 2 is 1.16 bits per heavy atom. The number of aryl methyl sites for hydroxylation is 4. The molecule has 0 N–H and O–H groups in total. The van der Waals surface area contributed by atoms with Crippen LogP contribution in [0.5, 0.6) is 0 Å². The van der Waals surface area contributed by atoms with Gasteiger partial charge in [-0.2, -0.15) is 0 Å². The lowest BCUT2D eigenvalue weighted by molar-refractivity contribution is 0.101. The highest BCUT2D eigenvalue weighted by molar-refractivity contribution is 7.99. The molecule has 0 saturated carbocycles. The molecule has 2 aliphatic carbocycles. The van der Waals surface area contributed by atoms with Gasteiger partial charge in [0.1, 0.15) is 0 Å². The van der Waals surface area contributed by atoms with E-state index >= 15 is 0 Å². The molecule has 8 rings (SSSR count). The molecule has 0 aliphatic heterocycles. The van der Waals surface area contributed by atoms with E-state index in [1.165, 1.54) is 91.2 Å². The van der Waals surface area contributed by atoms with E-state index < -0.39 is 0 Å². The molecule has 6 aromatic carbocycles. The minimum absolute atomic E-state index is 0.0500. The highest BCUT2D eigenvalue weighted by Gasteiger charge is 2.40. The second-order valence-corrected chi connectivity index (χ2v) is 18.7. The summed E-state index contributed by atoms with van der Waals surface area (Å²) in [6.45, 7) is 20.0. The van der Waals surface area contributed by atoms with E-state index in [9.17, 15) is 4.79 Å². The third-order valence-corrected chi connectivity index (χ3v) is 15.0. The third-order valence-electron chi connectivity index (χ3n) is 11.3. The number of hydrogen-bond donors (Lipinski definition) is 0. The van der Waals surface area contributed by atoms with Gasteiger partial charge in [0.25, 0.3) is 0 Å². The Hall–Kier alpha value is -4.31. The van der Waals surface area contributed by atoms with Gasteiger partial charge in [0.2, 0.25) is 0 Å². The maximum Gasteiger partial charge on any atom is 0.169 e. The van der Waals surface area contributed by atoms with Crippen molar-refractivity contribution >= 4 is 28.4 Å². The Bertz CT molecular complexity index is 2430. The van der Waals surface area contributed by atoms with Crippen LogP contribution in [0.15, 0.2) is 134 Å². The topological polar surface area (TPSA) is 17.1 Å². The molecule has 0 amide bonds. The van der Waals surface area contributed by atoms with Gasteiger partial charge in [0.05, 0.1) is 10.9 Å². The van der Waals surface area contributed by atoms with Crippen molar-refractivity contribution in [3.8, 4) is 22.3 Å². The normalized spacial score (nSPS) is 15.2. The molecule has 2 aliphatic rings. The predicted molar refractivity (Wildman–Crippen MR) is 216 cm³/mol. The molecule has 0 bridgehead atoms. The lowest BCUT2D eigenvalue weighted by atomic mass is 9.82. The maximum absolute atomic E-state index is 12.2. The van der Waals surface area contributed by atoms with Crippen LogP contribution in [-0.4, -0.2) is 5.78 Å². The number of carbonyl (C=O) groups is 1. The lowest BCUT2D eigenvalue weighted by Crippen LogP contribution is -2.16. The Kier molecular flexibility index (Phi) is 8.05. The molecule has 0 aromatic heterocycles. The average Bonchev–Trinajstić information content (AvgIpc) is 3.47. The molecule has 0 saturated heterocycles. The fourth-order valence-electron chi connectivity index (χ4n) is 8.33. The van der Waals surface area contributed by atoms with Crippen molar-refractivity contribution in [1.82, 2.24) is 0 Å². The van der Waals surface area contributed by atoms with Gasteiger partial charge in [-0.05, 0) is 145 Å². The zero-order valence-corrected chi connectivity index (χ0v) is 32.8. The van der Waals surface area contributed by atoms with Crippen LogP contribution in [0, 0.1) is 27.7 Å². The number of hydrogen-bond acceptors (Lipinski definition) is 2. The number of ketones is 1. The van der Waals surface area contributed by atoms with Crippen LogP contribution < -0.4 is 0 Å². The van der Waals surface area contributed by atoms with Crippen molar-refractivity contribution in [2.75, 3.05) is 0 Å². The van der Waals surface area contributed by atoms with Crippen molar-refractivity contribution in [1.29, 1.82) is 0 Å². The molecule has 51 heavy (non-hydrogen) atoms. The highest BCUT2D eigenvalue weighted by Crippen LogP contribution is 2.52. The summed E-state index contributed by atoms with van der Waals surface area (Å²) >= 11 is 1.86. The third kappa shape index (κ3) is 5.43. The number of Topliss-reactive ketones (excluding diaryl/α,β-unsaturated/α-hetero) is 1. The first-order valence-electron chi connectivity index (χ1n) is 17.9. The summed E-state index contributed by atoms with van der Waals surface area (Å²) in [5, 5.41) is 0. The van der Waals surface area contributed by atoms with Gasteiger partial charge in [0, 0.05) is 37.3 Å². The first-order chi connectivity index (χ1) is 24.3. The summed E-state index contributed by atoms with van der Waals surface area (Å²) in [6, 6.07) is 41.1. The van der Waals surface area contributed by atoms with Gasteiger partial charge in [-0.25, -0.2) is 0 Å². The van der Waals surface area contributed by atoms with Crippen LogP contribution >= 0.6 is 11.8 Å². The zero-order chi connectivity index (χ0) is 36.0. The van der Waals surface area contributed by atoms with Crippen molar-refractivity contribution in [2.45, 2.75) is 97.6 Å². The first kappa shape index (κ1) is 33.8. The van der Waals surface area contributed by atoms with Crippen LogP contribution in [0.1, 0.15) is 89.5 Å². The molecule has 1 atom stereocenters. The van der Waals surface area contributed by atoms with Gasteiger partial charge < -0.3 is 0 Å². The fraction of sp³-hybridized carbons (Fsp3) is 0.229. The molecular weight excluding hydrogens is 657 g/mol. The minimum Gasteiger partial charge on any atom is -0.295 e. The fourth-order valence-corrected chi connectivity index (χ4v) is 11.9. The summed E-state index contributed by atoms with van der Waals surface area (Å²) < 4.78 is 0. The lowest BCUT2D eigenvalue weighted by Gasteiger charge is -2.22. The quantitative estimate of drug-likeness (QED) is 0.127. The summed E-state index contributed by atoms with van der Waals surface area (Å²) in [6.07, 6.45) is 0. The molecule has 0 spiro atoms. The standard InChI is InChI=1S/C48H45OS2/c1-28-14-15-29(2)45(22-28)51(35-18-21-39-36-12-10-11-13-40(36)47(6,7)43(39)27-35)46-24-30(3)44(23-31(46)4)50-34-17-20-38-37-19-16-33(32(5)49)25-41(37)48(8,9)42(38)26-34/h10-27H,1-9H3/q+1. The van der Waals surface area contributed by atoms with Crippen LogP contribution in [-0.2, 0) is 21.7 Å². The molecule has 1 unspecified atom stereocenters. The number of fused-ring (bicyclic) bond motifs is 6. The van der Waals surface area contributed by atoms with Crippen LogP contribution in [0.2, 0.25) is 0 Å². The van der Waals surface area contributed by atoms with E-state index in [0.29, 0.717) is 0 Å². The van der Waals surface area contributed by atoms with E-state index in [1.54, 1.807) is 6.92 Å². The average molecular weight is 702 g/mol. The Balaban J connectivity index is 1.19. The van der Waals surface area contributed by atoms with Gasteiger partial charge in [-0.3, -0.25) is 4.79 Å². The minimum atomic E-state index is -0.276. The van der Waals surface area contributed by atoms with Crippen LogP contribution in [0.25, 0.3) is 22.3 Å². The van der Waals surface area contributed by atoms with E-state index in [0.717, 1.165) is 5.56 Å². The van der Waals surface area contributed by atoms with Crippen LogP contribution in [0.4, 0.5) is 0 Å². The molecule has 0 fully saturated rings. The van der Waals surface area contributed by atoms with E-state index in [1.807, 2.05) is 17.8 Å². The molecule has 0 radical (unpaired) electrons. The maximum atomic E-state index is 12.2. The Morgan fingerprint density at radius 3 is 1.90 bits per heavy atom. The Morgan fingerprint density at radius 1 is 0.549 bits per heavy atom. The largest absolute Gasteiger partial charge is 0.295 e. The van der Waals surface area contributed by atoms with Crippen molar-refractivity contribution in [3.05, 3.63) is 159 Å². The van der Waals surface area contributed by atoms with Gasteiger partial charge in [0.15, 0.2) is 20.5 Å². The predicted octanol–water partition coefficient (Wildman–Crippen LogP) is 13.0. The summed E-state index contributed by atoms with van der Waals surface area (Å²) in [4.78, 5) is 18.9. The first-order valence-corrected chi connectivity index (χ1v) is 20.0. The molecule has 3 heteroatoms. The second kappa shape index (κ2) is 12.1. The molecule has 254 valence electrons. The summed E-state index contributed by atoms with van der Waals surface area (Å²) in [5.41, 5.74) is 16.4. The van der Waals surface area contributed by atoms with Gasteiger partial charge in [-0.1, -0.05) is 94.1 Å². The second-order valence-electron chi connectivity index (χ2n) is 15.6. The number of rotatable bonds is 6. The van der Waals surface area contributed by atoms with Gasteiger partial charge in [-0.15, -0.1) is 0 Å². The van der Waals surface area contributed by atoms with Crippen molar-refractivity contribution < 1.29 is 4.79 Å². The molecular formula is C48H45OS2+. The molecule has 1 nitrogen and oxygen atoms in total. The summed E-state index contributed by atoms with van der Waals surface area (Å²) in [5.74, 6) is 0.112.